The van der Waals surface area contributed by atoms with Crippen molar-refractivity contribution in [2.45, 2.75) is 0 Å². The molecule has 1 amide bonds. The van der Waals surface area contributed by atoms with Gasteiger partial charge in [-0.3, -0.25) is 4.79 Å². The largest absolute Gasteiger partial charge is 0.320 e. The van der Waals surface area contributed by atoms with Crippen LogP contribution < -0.4 is 5.32 Å². The molecule has 0 spiro atoms. The Morgan fingerprint density at radius 3 is 2.36 bits per heavy atom. The predicted molar refractivity (Wildman–Crippen MR) is 88.1 cm³/mol. The summed E-state index contributed by atoms with van der Waals surface area (Å²) in [5.74, 6) is -1.57. The van der Waals surface area contributed by atoms with E-state index in [4.69, 9.17) is 0 Å². The zero-order valence-electron chi connectivity index (χ0n) is 11.8. The van der Waals surface area contributed by atoms with Crippen LogP contribution in [-0.2, 0) is 4.79 Å². The Kier molecular flexibility index (Phi) is 3.97. The highest BCUT2D eigenvalue weighted by Gasteiger charge is 2.09. The van der Waals surface area contributed by atoms with Crippen LogP contribution in [0, 0.1) is 0 Å². The molecule has 3 aromatic carbocycles. The zero-order valence-corrected chi connectivity index (χ0v) is 11.8. The lowest BCUT2D eigenvalue weighted by molar-refractivity contribution is -0.114. The number of hydrogen-bond acceptors (Lipinski definition) is 1. The average molecular weight is 291 g/mol. The molecule has 0 fully saturated rings. The molecular formula is C19H14FNO. The van der Waals surface area contributed by atoms with Crippen LogP contribution in [0.15, 0.2) is 78.6 Å². The molecule has 0 atom stereocenters. The van der Waals surface area contributed by atoms with Crippen molar-refractivity contribution in [1.29, 1.82) is 0 Å². The lowest BCUT2D eigenvalue weighted by Crippen LogP contribution is -2.11. The lowest BCUT2D eigenvalue weighted by Gasteiger charge is -2.04. The zero-order chi connectivity index (χ0) is 15.4. The second-order valence-corrected chi connectivity index (χ2v) is 4.88. The monoisotopic (exact) mass is 291 g/mol. The molecule has 108 valence electrons. The molecule has 0 saturated carbocycles. The first-order chi connectivity index (χ1) is 10.7. The van der Waals surface area contributed by atoms with Crippen molar-refractivity contribution in [2.24, 2.45) is 0 Å². The second-order valence-electron chi connectivity index (χ2n) is 4.88. The smallest absolute Gasteiger partial charge is 0.284 e. The van der Waals surface area contributed by atoms with Gasteiger partial charge in [-0.25, -0.2) is 4.39 Å². The van der Waals surface area contributed by atoms with Crippen molar-refractivity contribution < 1.29 is 9.18 Å². The third kappa shape index (κ3) is 3.04. The molecule has 0 saturated heterocycles. The number of fused-ring (bicyclic) bond motifs is 1. The maximum Gasteiger partial charge on any atom is 0.284 e. The first kappa shape index (κ1) is 14.0. The highest BCUT2D eigenvalue weighted by atomic mass is 19.1. The Labute approximate surface area is 127 Å². The van der Waals surface area contributed by atoms with Crippen molar-refractivity contribution in [3.05, 3.63) is 84.2 Å². The number of hydrogen-bond donors (Lipinski definition) is 1. The number of carbonyl (C=O) groups is 1. The van der Waals surface area contributed by atoms with Crippen LogP contribution >= 0.6 is 0 Å². The molecule has 3 heteroatoms. The molecule has 0 aliphatic rings. The summed E-state index contributed by atoms with van der Waals surface area (Å²) in [4.78, 5) is 11.9. The van der Waals surface area contributed by atoms with Gasteiger partial charge in [0.2, 0.25) is 0 Å². The minimum Gasteiger partial charge on any atom is -0.320 e. The summed E-state index contributed by atoms with van der Waals surface area (Å²) in [6, 6.07) is 22.1. The summed E-state index contributed by atoms with van der Waals surface area (Å²) < 4.78 is 14.1. The predicted octanol–water partition coefficient (Wildman–Crippen LogP) is 4.79. The molecule has 0 aliphatic heterocycles. The Morgan fingerprint density at radius 2 is 1.55 bits per heavy atom. The number of rotatable bonds is 3. The van der Waals surface area contributed by atoms with Crippen molar-refractivity contribution in [1.82, 2.24) is 0 Å². The van der Waals surface area contributed by atoms with Gasteiger partial charge < -0.3 is 5.32 Å². The molecule has 22 heavy (non-hydrogen) atoms. The van der Waals surface area contributed by atoms with E-state index < -0.39 is 11.7 Å². The number of benzene rings is 3. The molecular weight excluding hydrogens is 277 g/mol. The molecule has 0 heterocycles. The van der Waals surface area contributed by atoms with Gasteiger partial charge in [-0.15, -0.1) is 0 Å². The summed E-state index contributed by atoms with van der Waals surface area (Å²) >= 11 is 0. The van der Waals surface area contributed by atoms with E-state index in [-0.39, 0.29) is 0 Å². The Morgan fingerprint density at radius 1 is 0.864 bits per heavy atom. The third-order valence-electron chi connectivity index (χ3n) is 3.35. The molecule has 2 nitrogen and oxygen atoms in total. The van der Waals surface area contributed by atoms with Crippen molar-refractivity contribution in [2.75, 3.05) is 5.32 Å². The van der Waals surface area contributed by atoms with Gasteiger partial charge in [0.05, 0.1) is 0 Å². The number of para-hydroxylation sites is 1. The van der Waals surface area contributed by atoms with Crippen LogP contribution in [0.2, 0.25) is 0 Å². The van der Waals surface area contributed by atoms with E-state index in [0.29, 0.717) is 11.3 Å². The van der Waals surface area contributed by atoms with Crippen LogP contribution in [0.4, 0.5) is 10.1 Å². The molecule has 0 bridgehead atoms. The molecule has 0 radical (unpaired) electrons. The fourth-order valence-electron chi connectivity index (χ4n) is 2.29. The van der Waals surface area contributed by atoms with Crippen molar-refractivity contribution >= 4 is 28.4 Å². The molecule has 0 aromatic heterocycles. The van der Waals surface area contributed by atoms with Gasteiger partial charge in [0.15, 0.2) is 5.83 Å². The molecule has 3 aromatic rings. The lowest BCUT2D eigenvalue weighted by atomic mass is 10.0. The van der Waals surface area contributed by atoms with Crippen LogP contribution in [0.5, 0.6) is 0 Å². The summed E-state index contributed by atoms with van der Waals surface area (Å²) in [7, 11) is 0. The first-order valence-corrected chi connectivity index (χ1v) is 6.95. The van der Waals surface area contributed by atoms with Crippen molar-refractivity contribution in [3.8, 4) is 0 Å². The quantitative estimate of drug-likeness (QED) is 0.691. The number of carbonyl (C=O) groups excluding carboxylic acids is 1. The SMILES string of the molecule is O=C(Nc1ccccc1)/C(F)=C\c1cccc2ccccc12. The standard InChI is InChI=1S/C19H14FNO/c20-18(19(22)21-16-10-2-1-3-11-16)13-15-9-6-8-14-7-4-5-12-17(14)15/h1-13H,(H,21,22)/b18-13+. The highest BCUT2D eigenvalue weighted by Crippen LogP contribution is 2.21. The van der Waals surface area contributed by atoms with E-state index in [1.807, 2.05) is 42.5 Å². The van der Waals surface area contributed by atoms with Gasteiger partial charge >= 0.3 is 0 Å². The van der Waals surface area contributed by atoms with E-state index in [1.165, 1.54) is 6.08 Å². The minimum absolute atomic E-state index is 0.564. The van der Waals surface area contributed by atoms with Crippen LogP contribution in [0.25, 0.3) is 16.8 Å². The Hall–Kier alpha value is -2.94. The second kappa shape index (κ2) is 6.22. The van der Waals surface area contributed by atoms with E-state index in [0.717, 1.165) is 10.8 Å². The average Bonchev–Trinajstić information content (AvgIpc) is 2.56. The summed E-state index contributed by atoms with van der Waals surface area (Å²) in [5.41, 5.74) is 1.24. The highest BCUT2D eigenvalue weighted by molar-refractivity contribution is 6.06. The maximum atomic E-state index is 14.1. The summed E-state index contributed by atoms with van der Waals surface area (Å²) in [6.07, 6.45) is 1.26. The third-order valence-corrected chi connectivity index (χ3v) is 3.35. The Balaban J connectivity index is 1.88. The van der Waals surface area contributed by atoms with Gasteiger partial charge in [0.25, 0.3) is 5.91 Å². The number of halogens is 1. The number of anilines is 1. The van der Waals surface area contributed by atoms with Crippen LogP contribution in [-0.4, -0.2) is 5.91 Å². The maximum absolute atomic E-state index is 14.1. The van der Waals surface area contributed by atoms with Crippen molar-refractivity contribution in [3.63, 3.8) is 0 Å². The van der Waals surface area contributed by atoms with Gasteiger partial charge in [-0.05, 0) is 34.5 Å². The topological polar surface area (TPSA) is 29.1 Å². The molecule has 3 rings (SSSR count). The van der Waals surface area contributed by atoms with Crippen LogP contribution in [0.3, 0.4) is 0 Å². The van der Waals surface area contributed by atoms with Gasteiger partial charge in [0, 0.05) is 5.69 Å². The van der Waals surface area contributed by atoms with E-state index in [9.17, 15) is 9.18 Å². The summed E-state index contributed by atoms with van der Waals surface area (Å²) in [6.45, 7) is 0. The molecule has 1 N–H and O–H groups in total. The Bertz CT molecular complexity index is 835. The van der Waals surface area contributed by atoms with E-state index in [2.05, 4.69) is 5.32 Å². The van der Waals surface area contributed by atoms with E-state index >= 15 is 0 Å². The van der Waals surface area contributed by atoms with E-state index in [1.54, 1.807) is 30.3 Å². The fourth-order valence-corrected chi connectivity index (χ4v) is 2.29. The van der Waals surface area contributed by atoms with Gasteiger partial charge in [-0.1, -0.05) is 60.7 Å². The molecule has 0 aliphatic carbocycles. The number of nitrogens with one attached hydrogen (secondary N) is 1. The van der Waals surface area contributed by atoms with Crippen LogP contribution in [0.1, 0.15) is 5.56 Å². The summed E-state index contributed by atoms with van der Waals surface area (Å²) in [5, 5.41) is 4.44. The van der Waals surface area contributed by atoms with Gasteiger partial charge in [-0.2, -0.15) is 0 Å². The number of amides is 1. The first-order valence-electron chi connectivity index (χ1n) is 6.95. The fraction of sp³-hybridized carbons (Fsp3) is 0. The normalized spacial score (nSPS) is 11.4. The molecule has 0 unspecified atom stereocenters. The van der Waals surface area contributed by atoms with Gasteiger partial charge in [0.1, 0.15) is 0 Å². The minimum atomic E-state index is -0.819.